The van der Waals surface area contributed by atoms with E-state index in [-0.39, 0.29) is 12.0 Å². The number of thiophene rings is 1. The first-order chi connectivity index (χ1) is 9.66. The molecular weight excluding hydrogens is 278 g/mol. The lowest BCUT2D eigenvalue weighted by Crippen LogP contribution is -2.07. The summed E-state index contributed by atoms with van der Waals surface area (Å²) < 4.78 is 27.8. The van der Waals surface area contributed by atoms with Crippen LogP contribution in [-0.2, 0) is 6.42 Å². The summed E-state index contributed by atoms with van der Waals surface area (Å²) in [6.45, 7) is 0. The van der Waals surface area contributed by atoms with Crippen molar-refractivity contribution in [3.8, 4) is 0 Å². The van der Waals surface area contributed by atoms with Crippen LogP contribution in [-0.4, -0.2) is 5.78 Å². The van der Waals surface area contributed by atoms with Crippen LogP contribution in [0, 0.1) is 11.6 Å². The third-order valence-electron chi connectivity index (χ3n) is 3.16. The van der Waals surface area contributed by atoms with E-state index in [1.165, 1.54) is 23.5 Å². The van der Waals surface area contributed by atoms with Crippen LogP contribution in [0.3, 0.4) is 0 Å². The summed E-state index contributed by atoms with van der Waals surface area (Å²) >= 11 is 1.54. The Hall–Kier alpha value is -2.07. The Morgan fingerprint density at radius 1 is 1.05 bits per heavy atom. The number of Topliss-reactive ketones (excluding diaryl/α,β-unsaturated/α-hetero) is 1. The SMILES string of the molecule is O=C(Cc1csc2ccccc12)c1cccc(F)c1F. The zero-order valence-corrected chi connectivity index (χ0v) is 11.2. The summed E-state index contributed by atoms with van der Waals surface area (Å²) in [6.07, 6.45) is 0.0738. The molecule has 4 heteroatoms. The second-order valence-corrected chi connectivity index (χ2v) is 5.37. The van der Waals surface area contributed by atoms with Crippen molar-refractivity contribution >= 4 is 27.2 Å². The van der Waals surface area contributed by atoms with E-state index >= 15 is 0 Å². The molecule has 0 radical (unpaired) electrons. The van der Waals surface area contributed by atoms with Gasteiger partial charge in [0.25, 0.3) is 0 Å². The van der Waals surface area contributed by atoms with Crippen LogP contribution >= 0.6 is 11.3 Å². The van der Waals surface area contributed by atoms with Crippen molar-refractivity contribution in [2.45, 2.75) is 6.42 Å². The van der Waals surface area contributed by atoms with Gasteiger partial charge >= 0.3 is 0 Å². The molecule has 0 saturated carbocycles. The molecule has 1 aromatic heterocycles. The molecule has 100 valence electrons. The molecule has 0 aliphatic rings. The first-order valence-corrected chi connectivity index (χ1v) is 6.97. The summed E-state index contributed by atoms with van der Waals surface area (Å²) in [7, 11) is 0. The smallest absolute Gasteiger partial charge is 0.170 e. The van der Waals surface area contributed by atoms with Crippen molar-refractivity contribution < 1.29 is 13.6 Å². The number of hydrogen-bond acceptors (Lipinski definition) is 2. The fourth-order valence-electron chi connectivity index (χ4n) is 2.16. The zero-order chi connectivity index (χ0) is 14.1. The summed E-state index contributed by atoms with van der Waals surface area (Å²) in [6, 6.07) is 11.4. The van der Waals surface area contributed by atoms with Crippen molar-refractivity contribution in [3.05, 3.63) is 70.6 Å². The molecule has 0 N–H and O–H groups in total. The van der Waals surface area contributed by atoms with Crippen molar-refractivity contribution in [1.29, 1.82) is 0 Å². The molecule has 1 nitrogen and oxygen atoms in total. The number of carbonyl (C=O) groups excluding carboxylic acids is 1. The van der Waals surface area contributed by atoms with E-state index in [9.17, 15) is 13.6 Å². The van der Waals surface area contributed by atoms with Gasteiger partial charge in [-0.05, 0) is 34.5 Å². The number of carbonyl (C=O) groups is 1. The van der Waals surface area contributed by atoms with Crippen LogP contribution in [0.5, 0.6) is 0 Å². The van der Waals surface area contributed by atoms with Crippen LogP contribution in [0.1, 0.15) is 15.9 Å². The Kier molecular flexibility index (Phi) is 3.32. The Labute approximate surface area is 118 Å². The van der Waals surface area contributed by atoms with E-state index in [0.717, 1.165) is 21.7 Å². The van der Waals surface area contributed by atoms with Gasteiger partial charge in [0, 0.05) is 11.1 Å². The normalized spacial score (nSPS) is 10.9. The third kappa shape index (κ3) is 2.23. The first-order valence-electron chi connectivity index (χ1n) is 6.09. The molecule has 1 heterocycles. The minimum atomic E-state index is -1.07. The van der Waals surface area contributed by atoms with Gasteiger partial charge in [0.2, 0.25) is 0 Å². The average Bonchev–Trinajstić information content (AvgIpc) is 2.85. The summed E-state index contributed by atoms with van der Waals surface area (Å²) in [5, 5.41) is 2.88. The first kappa shape index (κ1) is 12.9. The Balaban J connectivity index is 1.95. The molecule has 0 spiro atoms. The van der Waals surface area contributed by atoms with Gasteiger partial charge in [-0.2, -0.15) is 0 Å². The second kappa shape index (κ2) is 5.13. The number of hydrogen-bond donors (Lipinski definition) is 0. The van der Waals surface area contributed by atoms with Gasteiger partial charge in [0.05, 0.1) is 5.56 Å². The average molecular weight is 288 g/mol. The van der Waals surface area contributed by atoms with Crippen LogP contribution in [0.25, 0.3) is 10.1 Å². The number of ketones is 1. The Morgan fingerprint density at radius 3 is 2.70 bits per heavy atom. The van der Waals surface area contributed by atoms with Crippen molar-refractivity contribution in [2.24, 2.45) is 0 Å². The van der Waals surface area contributed by atoms with E-state index in [4.69, 9.17) is 0 Å². The molecule has 0 aliphatic carbocycles. The molecule has 2 aromatic carbocycles. The van der Waals surface area contributed by atoms with Crippen molar-refractivity contribution in [3.63, 3.8) is 0 Å². The van der Waals surface area contributed by atoms with Crippen molar-refractivity contribution in [1.82, 2.24) is 0 Å². The minimum Gasteiger partial charge on any atom is -0.294 e. The molecule has 3 aromatic rings. The van der Waals surface area contributed by atoms with Gasteiger partial charge in [-0.15, -0.1) is 11.3 Å². The maximum atomic E-state index is 13.6. The molecule has 0 aliphatic heterocycles. The number of benzene rings is 2. The standard InChI is InChI=1S/C16H10F2OS/c17-13-6-3-5-12(16(13)18)14(19)8-10-9-20-15-7-2-1-4-11(10)15/h1-7,9H,8H2. The van der Waals surface area contributed by atoms with Gasteiger partial charge in [0.15, 0.2) is 17.4 Å². The van der Waals surface area contributed by atoms with Crippen LogP contribution in [0.4, 0.5) is 8.78 Å². The molecule has 0 saturated heterocycles. The molecule has 20 heavy (non-hydrogen) atoms. The molecule has 0 fully saturated rings. The fourth-order valence-corrected chi connectivity index (χ4v) is 3.12. The van der Waals surface area contributed by atoms with E-state index in [0.29, 0.717) is 0 Å². The highest BCUT2D eigenvalue weighted by atomic mass is 32.1. The topological polar surface area (TPSA) is 17.1 Å². The predicted molar refractivity (Wildman–Crippen MR) is 76.2 cm³/mol. The molecule has 0 unspecified atom stereocenters. The van der Waals surface area contributed by atoms with E-state index in [1.54, 1.807) is 0 Å². The summed E-state index contributed by atoms with van der Waals surface area (Å²) in [5.41, 5.74) is 0.652. The zero-order valence-electron chi connectivity index (χ0n) is 10.4. The van der Waals surface area contributed by atoms with E-state index in [1.807, 2.05) is 29.6 Å². The molecular formula is C16H10F2OS. The molecule has 0 atom stereocenters. The molecule has 3 rings (SSSR count). The van der Waals surface area contributed by atoms with E-state index in [2.05, 4.69) is 0 Å². The maximum Gasteiger partial charge on any atom is 0.170 e. The lowest BCUT2D eigenvalue weighted by molar-refractivity contribution is 0.0988. The largest absolute Gasteiger partial charge is 0.294 e. The van der Waals surface area contributed by atoms with Crippen molar-refractivity contribution in [2.75, 3.05) is 0 Å². The minimum absolute atomic E-state index is 0.0738. The monoisotopic (exact) mass is 288 g/mol. The Bertz CT molecular complexity index is 792. The second-order valence-electron chi connectivity index (χ2n) is 4.46. The lowest BCUT2D eigenvalue weighted by atomic mass is 10.0. The third-order valence-corrected chi connectivity index (χ3v) is 4.18. The Morgan fingerprint density at radius 2 is 1.85 bits per heavy atom. The quantitative estimate of drug-likeness (QED) is 0.643. The highest BCUT2D eigenvalue weighted by molar-refractivity contribution is 7.17. The van der Waals surface area contributed by atoms with Gasteiger partial charge in [-0.25, -0.2) is 8.78 Å². The lowest BCUT2D eigenvalue weighted by Gasteiger charge is -2.03. The predicted octanol–water partition coefficient (Wildman–Crippen LogP) is 4.60. The number of fused-ring (bicyclic) bond motifs is 1. The maximum absolute atomic E-state index is 13.6. The fraction of sp³-hybridized carbons (Fsp3) is 0.0625. The molecule has 0 amide bonds. The van der Waals surface area contributed by atoms with Crippen LogP contribution in [0.2, 0.25) is 0 Å². The number of halogens is 2. The van der Waals surface area contributed by atoms with Gasteiger partial charge in [0.1, 0.15) is 0 Å². The van der Waals surface area contributed by atoms with Crippen LogP contribution in [0.15, 0.2) is 47.8 Å². The van der Waals surface area contributed by atoms with Crippen LogP contribution < -0.4 is 0 Å². The number of rotatable bonds is 3. The highest BCUT2D eigenvalue weighted by Crippen LogP contribution is 2.27. The highest BCUT2D eigenvalue weighted by Gasteiger charge is 2.16. The van der Waals surface area contributed by atoms with Gasteiger partial charge in [-0.3, -0.25) is 4.79 Å². The van der Waals surface area contributed by atoms with Gasteiger partial charge < -0.3 is 0 Å². The summed E-state index contributed by atoms with van der Waals surface area (Å²) in [5.74, 6) is -2.48. The van der Waals surface area contributed by atoms with E-state index < -0.39 is 17.4 Å². The summed E-state index contributed by atoms with van der Waals surface area (Å²) in [4.78, 5) is 12.1. The molecule has 0 bridgehead atoms. The van der Waals surface area contributed by atoms with Gasteiger partial charge in [-0.1, -0.05) is 24.3 Å².